The maximum Gasteiger partial charge on any atom is 0.228 e. The Morgan fingerprint density at radius 3 is 2.50 bits per heavy atom. The van der Waals surface area contributed by atoms with E-state index in [1.807, 2.05) is 0 Å². The molecule has 8 nitrogen and oxygen atoms in total. The van der Waals surface area contributed by atoms with Gasteiger partial charge in [-0.05, 0) is 24.3 Å². The quantitative estimate of drug-likeness (QED) is 0.713. The Kier molecular flexibility index (Phi) is 5.10. The van der Waals surface area contributed by atoms with E-state index in [1.54, 1.807) is 31.0 Å². The fraction of sp³-hybridized carbons (Fsp3) is 0.421. The molecule has 0 radical (unpaired) electrons. The van der Waals surface area contributed by atoms with Crippen molar-refractivity contribution in [2.24, 2.45) is 7.05 Å². The number of nitrogen functional groups attached to an aromatic ring is 1. The molecule has 1 aliphatic heterocycles. The number of nitrogens with zero attached hydrogens (tertiary/aromatic N) is 6. The summed E-state index contributed by atoms with van der Waals surface area (Å²) < 4.78 is 20.2. The molecular formula is C19H24FN7O. The van der Waals surface area contributed by atoms with Crippen LogP contribution in [0.15, 0.2) is 24.3 Å². The average Bonchev–Trinajstić information content (AvgIpc) is 3.00. The van der Waals surface area contributed by atoms with Crippen molar-refractivity contribution < 1.29 is 9.13 Å². The summed E-state index contributed by atoms with van der Waals surface area (Å²) in [7, 11) is 3.49. The first-order chi connectivity index (χ1) is 13.6. The van der Waals surface area contributed by atoms with Crippen LogP contribution in [0.1, 0.15) is 0 Å². The molecule has 0 aliphatic carbocycles. The minimum atomic E-state index is -0.291. The van der Waals surface area contributed by atoms with E-state index in [2.05, 4.69) is 19.9 Å². The van der Waals surface area contributed by atoms with Crippen molar-refractivity contribution in [3.8, 4) is 11.3 Å². The molecule has 1 aromatic carbocycles. The van der Waals surface area contributed by atoms with Crippen LogP contribution in [-0.4, -0.2) is 71.1 Å². The molecule has 0 atom stereocenters. The monoisotopic (exact) mass is 385 g/mol. The molecule has 1 aliphatic rings. The molecule has 2 N–H and O–H groups in total. The van der Waals surface area contributed by atoms with Crippen LogP contribution in [0.3, 0.4) is 0 Å². The van der Waals surface area contributed by atoms with Gasteiger partial charge in [0.05, 0.1) is 17.7 Å². The maximum atomic E-state index is 13.4. The molecule has 28 heavy (non-hydrogen) atoms. The first-order valence-corrected chi connectivity index (χ1v) is 9.29. The first kappa shape index (κ1) is 18.6. The van der Waals surface area contributed by atoms with Crippen molar-refractivity contribution in [3.05, 3.63) is 30.1 Å². The van der Waals surface area contributed by atoms with Crippen LogP contribution in [-0.2, 0) is 11.8 Å². The topological polar surface area (TPSA) is 85.3 Å². The second kappa shape index (κ2) is 7.69. The highest BCUT2D eigenvalue weighted by molar-refractivity contribution is 5.98. The van der Waals surface area contributed by atoms with Crippen LogP contribution < -0.4 is 10.6 Å². The van der Waals surface area contributed by atoms with E-state index >= 15 is 0 Å². The third-order valence-electron chi connectivity index (χ3n) is 5.11. The van der Waals surface area contributed by atoms with E-state index in [0.717, 1.165) is 44.9 Å². The van der Waals surface area contributed by atoms with Crippen LogP contribution in [0.2, 0.25) is 0 Å². The highest BCUT2D eigenvalue weighted by atomic mass is 19.1. The summed E-state index contributed by atoms with van der Waals surface area (Å²) in [5.74, 6) is 0.821. The summed E-state index contributed by atoms with van der Waals surface area (Å²) in [6.07, 6.45) is 0. The van der Waals surface area contributed by atoms with Crippen molar-refractivity contribution in [1.29, 1.82) is 0 Å². The molecule has 1 fully saturated rings. The smallest absolute Gasteiger partial charge is 0.228 e. The third kappa shape index (κ3) is 3.50. The number of anilines is 2. The Labute approximate surface area is 162 Å². The second-order valence-corrected chi connectivity index (χ2v) is 6.91. The van der Waals surface area contributed by atoms with Gasteiger partial charge in [-0.1, -0.05) is 0 Å². The molecular weight excluding hydrogens is 361 g/mol. The molecule has 0 saturated carbocycles. The molecule has 148 valence electrons. The van der Waals surface area contributed by atoms with E-state index < -0.39 is 0 Å². The predicted molar refractivity (Wildman–Crippen MR) is 107 cm³/mol. The van der Waals surface area contributed by atoms with Gasteiger partial charge in [-0.3, -0.25) is 9.58 Å². The van der Waals surface area contributed by atoms with Gasteiger partial charge in [0.1, 0.15) is 11.6 Å². The summed E-state index contributed by atoms with van der Waals surface area (Å²) in [6, 6.07) is 6.25. The number of nitrogens with two attached hydrogens (primary N) is 1. The number of piperazine rings is 1. The van der Waals surface area contributed by atoms with E-state index in [4.69, 9.17) is 15.5 Å². The zero-order chi connectivity index (χ0) is 19.7. The number of hydrogen-bond acceptors (Lipinski definition) is 7. The highest BCUT2D eigenvalue weighted by Gasteiger charge is 2.23. The lowest BCUT2D eigenvalue weighted by Gasteiger charge is -2.34. The number of rotatable bonds is 5. The van der Waals surface area contributed by atoms with E-state index in [0.29, 0.717) is 28.5 Å². The Hall–Kier alpha value is -2.78. The van der Waals surface area contributed by atoms with Crippen molar-refractivity contribution in [2.45, 2.75) is 0 Å². The van der Waals surface area contributed by atoms with Gasteiger partial charge in [0.15, 0.2) is 5.65 Å². The number of methoxy groups -OCH3 is 1. The molecule has 3 aromatic rings. The first-order valence-electron chi connectivity index (χ1n) is 9.29. The summed E-state index contributed by atoms with van der Waals surface area (Å²) in [5.41, 5.74) is 8.22. The Morgan fingerprint density at radius 1 is 1.11 bits per heavy atom. The average molecular weight is 385 g/mol. The molecule has 4 rings (SSSR count). The summed E-state index contributed by atoms with van der Waals surface area (Å²) in [5, 5.41) is 5.13. The van der Waals surface area contributed by atoms with Crippen LogP contribution >= 0.6 is 0 Å². The molecule has 1 saturated heterocycles. The lowest BCUT2D eigenvalue weighted by Crippen LogP contribution is -2.47. The molecule has 0 amide bonds. The minimum Gasteiger partial charge on any atom is -0.383 e. The number of halogens is 1. The van der Waals surface area contributed by atoms with Crippen LogP contribution in [0, 0.1) is 5.82 Å². The normalized spacial score (nSPS) is 15.5. The molecule has 2 aromatic heterocycles. The summed E-state index contributed by atoms with van der Waals surface area (Å²) >= 11 is 0. The predicted octanol–water partition coefficient (Wildman–Crippen LogP) is 1.52. The molecule has 0 unspecified atom stereocenters. The van der Waals surface area contributed by atoms with Gasteiger partial charge in [0.2, 0.25) is 5.95 Å². The Balaban J connectivity index is 1.70. The van der Waals surface area contributed by atoms with Crippen molar-refractivity contribution in [2.75, 3.05) is 57.1 Å². The number of fused-ring (bicyclic) bond motifs is 1. The summed E-state index contributed by atoms with van der Waals surface area (Å²) in [6.45, 7) is 5.12. The minimum absolute atomic E-state index is 0.291. The van der Waals surface area contributed by atoms with Gasteiger partial charge in [-0.25, -0.2) is 9.37 Å². The van der Waals surface area contributed by atoms with Crippen LogP contribution in [0.5, 0.6) is 0 Å². The van der Waals surface area contributed by atoms with Gasteiger partial charge >= 0.3 is 0 Å². The van der Waals surface area contributed by atoms with E-state index in [9.17, 15) is 4.39 Å². The molecule has 9 heteroatoms. The number of aromatic nitrogens is 4. The SMILES string of the molecule is COCCN1CCN(c2nc(-c3ccc(F)cc3)c3c(N)n(C)nc3n2)CC1. The summed E-state index contributed by atoms with van der Waals surface area (Å²) in [4.78, 5) is 14.0. The van der Waals surface area contributed by atoms with Gasteiger partial charge < -0.3 is 15.4 Å². The zero-order valence-electron chi connectivity index (χ0n) is 16.1. The largest absolute Gasteiger partial charge is 0.383 e. The zero-order valence-corrected chi connectivity index (χ0v) is 16.1. The standard InChI is InChI=1S/C19H24FN7O/c1-25-17(21)15-16(13-3-5-14(20)6-4-13)22-19(23-18(15)24-25)27-9-7-26(8-10-27)11-12-28-2/h3-6H,7-12,21H2,1-2H3. The lowest BCUT2D eigenvalue weighted by atomic mass is 10.1. The van der Waals surface area contributed by atoms with Gasteiger partial charge in [-0.2, -0.15) is 10.1 Å². The van der Waals surface area contributed by atoms with Gasteiger partial charge in [-0.15, -0.1) is 0 Å². The van der Waals surface area contributed by atoms with Crippen LogP contribution in [0.25, 0.3) is 22.3 Å². The third-order valence-corrected chi connectivity index (χ3v) is 5.11. The molecule has 3 heterocycles. The highest BCUT2D eigenvalue weighted by Crippen LogP contribution is 2.32. The van der Waals surface area contributed by atoms with Crippen molar-refractivity contribution >= 4 is 22.8 Å². The van der Waals surface area contributed by atoms with Crippen LogP contribution in [0.4, 0.5) is 16.2 Å². The number of ether oxygens (including phenoxy) is 1. The van der Waals surface area contributed by atoms with Gasteiger partial charge in [0, 0.05) is 52.4 Å². The number of benzene rings is 1. The lowest BCUT2D eigenvalue weighted by molar-refractivity contribution is 0.144. The van der Waals surface area contributed by atoms with E-state index in [-0.39, 0.29) is 5.82 Å². The van der Waals surface area contributed by atoms with E-state index in [1.165, 1.54) is 12.1 Å². The van der Waals surface area contributed by atoms with Gasteiger partial charge in [0.25, 0.3) is 0 Å². The molecule has 0 bridgehead atoms. The van der Waals surface area contributed by atoms with Crippen molar-refractivity contribution in [1.82, 2.24) is 24.6 Å². The maximum absolute atomic E-state index is 13.4. The number of hydrogen-bond donors (Lipinski definition) is 1. The van der Waals surface area contributed by atoms with Crippen molar-refractivity contribution in [3.63, 3.8) is 0 Å². The fourth-order valence-corrected chi connectivity index (χ4v) is 3.45. The Bertz CT molecular complexity index is 965. The fourth-order valence-electron chi connectivity index (χ4n) is 3.45. The molecule has 0 spiro atoms. The number of aryl methyl sites for hydroxylation is 1. The Morgan fingerprint density at radius 2 is 1.82 bits per heavy atom. The second-order valence-electron chi connectivity index (χ2n) is 6.91.